The van der Waals surface area contributed by atoms with Crippen LogP contribution in [0.3, 0.4) is 0 Å². The van der Waals surface area contributed by atoms with E-state index in [9.17, 15) is 4.79 Å². The number of thiol groups is 1. The van der Waals surface area contributed by atoms with Crippen molar-refractivity contribution in [3.63, 3.8) is 0 Å². The molecule has 0 saturated heterocycles. The lowest BCUT2D eigenvalue weighted by Crippen LogP contribution is -2.37. The molecule has 0 saturated carbocycles. The third-order valence-corrected chi connectivity index (χ3v) is 1.20. The van der Waals surface area contributed by atoms with Crippen LogP contribution in [0.15, 0.2) is 5.10 Å². The van der Waals surface area contributed by atoms with Crippen molar-refractivity contribution in [1.82, 2.24) is 5.32 Å². The average molecular weight is 163 g/mol. The summed E-state index contributed by atoms with van der Waals surface area (Å²) in [7, 11) is 0. The predicted molar refractivity (Wildman–Crippen MR) is 41.1 cm³/mol. The van der Waals surface area contributed by atoms with Crippen LogP contribution in [-0.4, -0.2) is 29.2 Å². The van der Waals surface area contributed by atoms with Crippen LogP contribution in [0.25, 0.3) is 0 Å². The zero-order valence-corrected chi connectivity index (χ0v) is 6.08. The second kappa shape index (κ2) is 4.92. The fourth-order valence-corrected chi connectivity index (χ4v) is 0.597. The minimum atomic E-state index is -0.977. The van der Waals surface area contributed by atoms with E-state index in [2.05, 4.69) is 23.0 Å². The van der Waals surface area contributed by atoms with Crippen LogP contribution in [0.4, 0.5) is 0 Å². The fraction of sp³-hybridized carbons (Fsp3) is 0.500. The molecule has 0 amide bonds. The summed E-state index contributed by atoms with van der Waals surface area (Å²) in [5.74, 6) is 3.94. The van der Waals surface area contributed by atoms with Crippen molar-refractivity contribution in [2.24, 2.45) is 10.9 Å². The van der Waals surface area contributed by atoms with Crippen LogP contribution in [0.5, 0.6) is 0 Å². The maximum Gasteiger partial charge on any atom is 0.327 e. The first-order chi connectivity index (χ1) is 4.72. The number of nitrogens with zero attached hydrogens (tertiary/aromatic N) is 1. The number of rotatable bonds is 4. The second-order valence-electron chi connectivity index (χ2n) is 1.52. The molecular weight excluding hydrogens is 154 g/mol. The molecule has 0 aromatic heterocycles. The molecule has 5 nitrogen and oxygen atoms in total. The maximum atomic E-state index is 10.2. The van der Waals surface area contributed by atoms with Crippen molar-refractivity contribution < 1.29 is 9.90 Å². The van der Waals surface area contributed by atoms with Gasteiger partial charge in [-0.3, -0.25) is 0 Å². The molecule has 0 aliphatic rings. The van der Waals surface area contributed by atoms with Gasteiger partial charge in [0.1, 0.15) is 12.4 Å². The third kappa shape index (κ3) is 3.18. The zero-order chi connectivity index (χ0) is 7.98. The molecule has 1 atom stereocenters. The van der Waals surface area contributed by atoms with Gasteiger partial charge in [-0.25, -0.2) is 4.79 Å². The average Bonchev–Trinajstić information content (AvgIpc) is 1.89. The van der Waals surface area contributed by atoms with Gasteiger partial charge in [-0.1, -0.05) is 0 Å². The molecule has 0 aromatic rings. The Kier molecular flexibility index (Phi) is 4.47. The van der Waals surface area contributed by atoms with Crippen molar-refractivity contribution in [3.8, 4) is 0 Å². The molecule has 0 aliphatic carbocycles. The number of hydrazone groups is 1. The molecule has 58 valence electrons. The molecule has 1 unspecified atom stereocenters. The van der Waals surface area contributed by atoms with Gasteiger partial charge in [0, 0.05) is 5.75 Å². The van der Waals surface area contributed by atoms with Crippen molar-refractivity contribution >= 4 is 24.9 Å². The Balaban J connectivity index is 3.71. The summed E-state index contributed by atoms with van der Waals surface area (Å²) in [4.78, 5) is 10.2. The van der Waals surface area contributed by atoms with Gasteiger partial charge in [-0.2, -0.15) is 17.7 Å². The Hall–Kier alpha value is -0.910. The van der Waals surface area contributed by atoms with Crippen LogP contribution < -0.4 is 11.2 Å². The van der Waals surface area contributed by atoms with Gasteiger partial charge >= 0.3 is 5.97 Å². The van der Waals surface area contributed by atoms with E-state index >= 15 is 0 Å². The fourth-order valence-electron chi connectivity index (χ4n) is 0.335. The lowest BCUT2D eigenvalue weighted by atomic mass is 10.3. The monoisotopic (exact) mass is 163 g/mol. The Labute approximate surface area is 63.7 Å². The first-order valence-electron chi connectivity index (χ1n) is 2.53. The summed E-state index contributed by atoms with van der Waals surface area (Å²) < 4.78 is 0. The Morgan fingerprint density at radius 1 is 2.00 bits per heavy atom. The molecule has 0 aliphatic heterocycles. The van der Waals surface area contributed by atoms with Crippen molar-refractivity contribution in [1.29, 1.82) is 0 Å². The predicted octanol–water partition coefficient (Wildman–Crippen LogP) is -1.14. The smallest absolute Gasteiger partial charge is 0.327 e. The Morgan fingerprint density at radius 2 is 2.60 bits per heavy atom. The highest BCUT2D eigenvalue weighted by Crippen LogP contribution is 1.85. The largest absolute Gasteiger partial charge is 0.480 e. The highest BCUT2D eigenvalue weighted by Gasteiger charge is 2.11. The maximum absolute atomic E-state index is 10.2. The molecule has 0 aromatic carbocycles. The van der Waals surface area contributed by atoms with Gasteiger partial charge in [-0.15, -0.1) is 0 Å². The van der Waals surface area contributed by atoms with Gasteiger partial charge in [0.2, 0.25) is 0 Å². The Morgan fingerprint density at radius 3 is 2.90 bits per heavy atom. The lowest BCUT2D eigenvalue weighted by Gasteiger charge is -2.06. The number of carboxylic acid groups (broad SMARTS) is 1. The lowest BCUT2D eigenvalue weighted by molar-refractivity contribution is -0.138. The minimum absolute atomic E-state index is 0.196. The molecular formula is C4H9N3O2S. The molecule has 0 spiro atoms. The molecule has 0 rings (SSSR count). The SMILES string of the molecule is NN=CNC(CS)C(=O)O. The standard InChI is InChI=1S/C4H9N3O2S/c5-7-2-6-3(1-10)4(8)9/h2-3,10H,1,5H2,(H,6,7)(H,8,9). The molecule has 10 heavy (non-hydrogen) atoms. The molecule has 0 heterocycles. The summed E-state index contributed by atoms with van der Waals surface area (Å²) in [5, 5.41) is 13.9. The molecule has 6 heteroatoms. The molecule has 0 bridgehead atoms. The van der Waals surface area contributed by atoms with E-state index in [-0.39, 0.29) is 5.75 Å². The number of hydrogen-bond donors (Lipinski definition) is 4. The van der Waals surface area contributed by atoms with E-state index in [1.54, 1.807) is 0 Å². The Bertz CT molecular complexity index is 138. The van der Waals surface area contributed by atoms with Gasteiger partial charge in [0.15, 0.2) is 0 Å². The van der Waals surface area contributed by atoms with E-state index in [1.165, 1.54) is 0 Å². The highest BCUT2D eigenvalue weighted by atomic mass is 32.1. The normalized spacial score (nSPS) is 13.3. The first-order valence-corrected chi connectivity index (χ1v) is 3.17. The second-order valence-corrected chi connectivity index (χ2v) is 1.88. The van der Waals surface area contributed by atoms with E-state index in [0.717, 1.165) is 6.34 Å². The summed E-state index contributed by atoms with van der Waals surface area (Å²) in [6.07, 6.45) is 1.12. The topological polar surface area (TPSA) is 87.7 Å². The van der Waals surface area contributed by atoms with Crippen LogP contribution in [0.1, 0.15) is 0 Å². The van der Waals surface area contributed by atoms with Gasteiger partial charge in [0.25, 0.3) is 0 Å². The van der Waals surface area contributed by atoms with E-state index < -0.39 is 12.0 Å². The van der Waals surface area contributed by atoms with Gasteiger partial charge in [-0.05, 0) is 0 Å². The summed E-state index contributed by atoms with van der Waals surface area (Å²) in [6.45, 7) is 0. The van der Waals surface area contributed by atoms with Crippen molar-refractivity contribution in [2.45, 2.75) is 6.04 Å². The summed E-state index contributed by atoms with van der Waals surface area (Å²) in [6, 6.07) is -0.726. The minimum Gasteiger partial charge on any atom is -0.480 e. The van der Waals surface area contributed by atoms with Crippen LogP contribution >= 0.6 is 12.6 Å². The van der Waals surface area contributed by atoms with Gasteiger partial charge in [0.05, 0.1) is 0 Å². The van der Waals surface area contributed by atoms with Crippen molar-refractivity contribution in [3.05, 3.63) is 0 Å². The number of carboxylic acids is 1. The quantitative estimate of drug-likeness (QED) is 0.139. The molecule has 4 N–H and O–H groups in total. The number of hydrogen-bond acceptors (Lipinski definition) is 4. The zero-order valence-electron chi connectivity index (χ0n) is 5.19. The number of nitrogens with one attached hydrogen (secondary N) is 1. The van der Waals surface area contributed by atoms with Crippen LogP contribution in [0.2, 0.25) is 0 Å². The van der Waals surface area contributed by atoms with Crippen molar-refractivity contribution in [2.75, 3.05) is 5.75 Å². The van der Waals surface area contributed by atoms with E-state index in [4.69, 9.17) is 10.9 Å². The number of nitrogens with two attached hydrogens (primary N) is 1. The van der Waals surface area contributed by atoms with Crippen LogP contribution in [-0.2, 0) is 4.79 Å². The molecule has 0 fully saturated rings. The van der Waals surface area contributed by atoms with E-state index in [0.29, 0.717) is 0 Å². The van der Waals surface area contributed by atoms with Crippen LogP contribution in [0, 0.1) is 0 Å². The first kappa shape index (κ1) is 9.09. The highest BCUT2D eigenvalue weighted by molar-refractivity contribution is 7.80. The summed E-state index contributed by atoms with van der Waals surface area (Å²) in [5.41, 5.74) is 0. The van der Waals surface area contributed by atoms with Gasteiger partial charge < -0.3 is 16.3 Å². The number of carbonyl (C=O) groups is 1. The van der Waals surface area contributed by atoms with E-state index in [1.807, 2.05) is 0 Å². The number of aliphatic carboxylic acids is 1. The third-order valence-electron chi connectivity index (χ3n) is 0.831. The molecule has 0 radical (unpaired) electrons. The summed E-state index contributed by atoms with van der Waals surface area (Å²) >= 11 is 3.78.